The number of piperazine rings is 1. The molecular formula is C12H15BN3O3. The second-order valence-corrected chi connectivity index (χ2v) is 4.28. The monoisotopic (exact) mass is 260 g/mol. The first kappa shape index (κ1) is 13.4. The molecule has 1 fully saturated rings. The van der Waals surface area contributed by atoms with Crippen LogP contribution in [0.15, 0.2) is 23.4 Å². The van der Waals surface area contributed by atoms with Gasteiger partial charge in [-0.2, -0.15) is 0 Å². The Bertz CT molecular complexity index is 487. The summed E-state index contributed by atoms with van der Waals surface area (Å²) in [4.78, 5) is 14.4. The first-order valence-electron chi connectivity index (χ1n) is 5.98. The molecule has 0 aliphatic carbocycles. The van der Waals surface area contributed by atoms with Gasteiger partial charge in [-0.15, -0.1) is 0 Å². The minimum absolute atomic E-state index is 0.141. The standard InChI is InChI=1S/C12H15BN3O3/c1-19-11-8-9(2-3-10(11)14-18)15-4-6-16(7-5-15)12(13)17/h2-3,8,17H,4-7H2,1H3. The summed E-state index contributed by atoms with van der Waals surface area (Å²) in [5.74, 6) is 0.320. The zero-order valence-electron chi connectivity index (χ0n) is 10.7. The Kier molecular flexibility index (Phi) is 4.04. The molecule has 0 amide bonds. The van der Waals surface area contributed by atoms with Crippen LogP contribution in [0.1, 0.15) is 0 Å². The molecule has 0 bridgehead atoms. The Hall–Kier alpha value is -2.05. The first-order chi connectivity index (χ1) is 9.15. The zero-order valence-corrected chi connectivity index (χ0v) is 10.7. The average molecular weight is 260 g/mol. The van der Waals surface area contributed by atoms with Gasteiger partial charge in [0.1, 0.15) is 0 Å². The zero-order chi connectivity index (χ0) is 13.8. The van der Waals surface area contributed by atoms with Crippen molar-refractivity contribution in [1.29, 1.82) is 0 Å². The van der Waals surface area contributed by atoms with Gasteiger partial charge in [-0.05, 0) is 0 Å². The molecule has 1 aliphatic heterocycles. The Balaban J connectivity index is 2.11. The van der Waals surface area contributed by atoms with Crippen LogP contribution in [0, 0.1) is 4.91 Å². The summed E-state index contributed by atoms with van der Waals surface area (Å²) < 4.78 is 5.13. The van der Waals surface area contributed by atoms with E-state index in [1.807, 2.05) is 6.07 Å². The van der Waals surface area contributed by atoms with E-state index >= 15 is 0 Å². The predicted molar refractivity (Wildman–Crippen MR) is 74.9 cm³/mol. The van der Waals surface area contributed by atoms with Gasteiger partial charge >= 0.3 is 112 Å². The van der Waals surface area contributed by atoms with Gasteiger partial charge < -0.3 is 0 Å². The molecule has 0 saturated carbocycles. The Morgan fingerprint density at radius 1 is 1.37 bits per heavy atom. The summed E-state index contributed by atoms with van der Waals surface area (Å²) in [6.07, 6.45) is 0. The van der Waals surface area contributed by atoms with Crippen LogP contribution in [-0.4, -0.2) is 56.6 Å². The van der Waals surface area contributed by atoms with E-state index in [9.17, 15) is 10.0 Å². The Morgan fingerprint density at radius 3 is 2.58 bits per heavy atom. The molecule has 1 aromatic rings. The third-order valence-corrected chi connectivity index (χ3v) is 3.23. The molecule has 0 spiro atoms. The number of aliphatic hydroxyl groups is 1. The van der Waals surface area contributed by atoms with Crippen molar-refractivity contribution in [1.82, 2.24) is 4.90 Å². The summed E-state index contributed by atoms with van der Waals surface area (Å²) in [6.45, 7) is 2.77. The predicted octanol–water partition coefficient (Wildman–Crippen LogP) is 0.843. The average Bonchev–Trinajstić information content (AvgIpc) is 2.46. The van der Waals surface area contributed by atoms with Crippen LogP contribution in [-0.2, 0) is 0 Å². The second-order valence-electron chi connectivity index (χ2n) is 4.28. The number of hydrogen-bond donors (Lipinski definition) is 1. The Labute approximate surface area is 112 Å². The van der Waals surface area contributed by atoms with E-state index in [0.29, 0.717) is 18.8 Å². The van der Waals surface area contributed by atoms with Crippen LogP contribution in [0.25, 0.3) is 0 Å². The van der Waals surface area contributed by atoms with Crippen LogP contribution >= 0.6 is 0 Å². The molecule has 1 aliphatic rings. The molecule has 1 N–H and O–H groups in total. The van der Waals surface area contributed by atoms with Crippen LogP contribution in [0.2, 0.25) is 0 Å². The Morgan fingerprint density at radius 2 is 2.05 bits per heavy atom. The molecule has 99 valence electrons. The number of ether oxygens (including phenoxy) is 1. The quantitative estimate of drug-likeness (QED) is 0.642. The van der Waals surface area contributed by atoms with Crippen molar-refractivity contribution in [2.45, 2.75) is 0 Å². The van der Waals surface area contributed by atoms with E-state index in [1.54, 1.807) is 17.0 Å². The molecule has 0 unspecified atom stereocenters. The van der Waals surface area contributed by atoms with Crippen LogP contribution in [0.5, 0.6) is 5.75 Å². The third kappa shape index (κ3) is 2.86. The van der Waals surface area contributed by atoms with Crippen LogP contribution < -0.4 is 9.64 Å². The number of benzene rings is 1. The molecule has 1 saturated heterocycles. The van der Waals surface area contributed by atoms with Gasteiger partial charge in [0.05, 0.1) is 0 Å². The van der Waals surface area contributed by atoms with Crippen LogP contribution in [0.4, 0.5) is 11.4 Å². The number of hydrogen-bond acceptors (Lipinski definition) is 6. The van der Waals surface area contributed by atoms with E-state index in [4.69, 9.17) is 12.2 Å². The molecule has 1 radical (unpaired) electrons. The van der Waals surface area contributed by atoms with Crippen molar-refractivity contribution < 1.29 is 9.84 Å². The first-order valence-corrected chi connectivity index (χ1v) is 5.98. The molecule has 6 nitrogen and oxygen atoms in total. The van der Waals surface area contributed by atoms with Gasteiger partial charge in [-0.1, -0.05) is 0 Å². The number of anilines is 1. The van der Waals surface area contributed by atoms with Gasteiger partial charge in [0.25, 0.3) is 0 Å². The van der Waals surface area contributed by atoms with Gasteiger partial charge in [0, 0.05) is 0 Å². The fraction of sp³-hybridized carbons (Fsp3) is 0.417. The summed E-state index contributed by atoms with van der Waals surface area (Å²) >= 11 is 0. The van der Waals surface area contributed by atoms with Crippen molar-refractivity contribution in [2.75, 3.05) is 38.2 Å². The molecule has 1 heterocycles. The van der Waals surface area contributed by atoms with Gasteiger partial charge in [0.15, 0.2) is 0 Å². The van der Waals surface area contributed by atoms with Crippen molar-refractivity contribution in [3.8, 4) is 5.75 Å². The summed E-state index contributed by atoms with van der Waals surface area (Å²) in [6, 6.07) is 5.26. The fourth-order valence-corrected chi connectivity index (χ4v) is 2.13. The van der Waals surface area contributed by atoms with Crippen molar-refractivity contribution >= 4 is 24.6 Å². The number of methoxy groups -OCH3 is 1. The molecule has 7 heteroatoms. The van der Waals surface area contributed by atoms with Crippen LogP contribution in [0.3, 0.4) is 0 Å². The summed E-state index contributed by atoms with van der Waals surface area (Å²) in [5.41, 5.74) is 1.25. The molecule has 1 aromatic carbocycles. The molecular weight excluding hydrogens is 245 g/mol. The number of nitroso groups, excluding NO2 is 1. The van der Waals surface area contributed by atoms with E-state index in [-0.39, 0.29) is 11.5 Å². The SMILES string of the molecule is [B]=C(O)N1CCN(c2ccc(N=O)c(OC)c2)CC1. The number of nitrogens with zero attached hydrogens (tertiary/aromatic N) is 3. The topological polar surface area (TPSA) is 65.4 Å². The minimum atomic E-state index is -0.141. The maximum atomic E-state index is 10.6. The van der Waals surface area contributed by atoms with Crippen molar-refractivity contribution in [3.05, 3.63) is 23.1 Å². The normalized spacial score (nSPS) is 15.2. The van der Waals surface area contributed by atoms with Gasteiger partial charge in [0.2, 0.25) is 0 Å². The molecule has 2 rings (SSSR count). The maximum absolute atomic E-state index is 10.6. The summed E-state index contributed by atoms with van der Waals surface area (Å²) in [5, 5.41) is 12.1. The van der Waals surface area contributed by atoms with Crippen molar-refractivity contribution in [3.63, 3.8) is 0 Å². The third-order valence-electron chi connectivity index (χ3n) is 3.23. The molecule has 0 aromatic heterocycles. The van der Waals surface area contributed by atoms with Crippen molar-refractivity contribution in [2.24, 2.45) is 5.18 Å². The van der Waals surface area contributed by atoms with E-state index < -0.39 is 0 Å². The van der Waals surface area contributed by atoms with Gasteiger partial charge in [-0.3, -0.25) is 0 Å². The number of aliphatic hydroxyl groups excluding tert-OH is 1. The van der Waals surface area contributed by atoms with E-state index in [2.05, 4.69) is 10.1 Å². The van der Waals surface area contributed by atoms with E-state index in [0.717, 1.165) is 18.8 Å². The molecule has 0 atom stereocenters. The van der Waals surface area contributed by atoms with Gasteiger partial charge in [-0.25, -0.2) is 0 Å². The molecule has 19 heavy (non-hydrogen) atoms. The fourth-order valence-electron chi connectivity index (χ4n) is 2.13. The van der Waals surface area contributed by atoms with E-state index in [1.165, 1.54) is 7.11 Å². The second kappa shape index (κ2) is 5.73. The number of rotatable bonds is 4. The summed E-state index contributed by atoms with van der Waals surface area (Å²) in [7, 11) is 6.85.